The first-order valence-corrected chi connectivity index (χ1v) is 12.3. The summed E-state index contributed by atoms with van der Waals surface area (Å²) < 4.78 is 18.8. The number of hydrogen-bond donors (Lipinski definition) is 4. The minimum absolute atomic E-state index is 0. The second-order valence-corrected chi connectivity index (χ2v) is 9.25. The van der Waals surface area contributed by atoms with Crippen molar-refractivity contribution in [2.45, 2.75) is 25.3 Å². The zero-order valence-corrected chi connectivity index (χ0v) is 21.9. The first kappa shape index (κ1) is 28.3. The van der Waals surface area contributed by atoms with E-state index in [-0.39, 0.29) is 64.4 Å². The number of nitrogens with one attached hydrogen (secondary N) is 2. The maximum absolute atomic E-state index is 13.7. The Hall–Kier alpha value is -4.72. The number of halogens is 2. The molecule has 0 radical (unpaired) electrons. The lowest BCUT2D eigenvalue weighted by atomic mass is 9.97. The van der Waals surface area contributed by atoms with Crippen molar-refractivity contribution in [1.82, 2.24) is 4.98 Å². The number of anilines is 2. The number of carbonyl (C=O) groups is 2. The fourth-order valence-electron chi connectivity index (χ4n) is 4.73. The highest BCUT2D eigenvalue weighted by atomic mass is 35.5. The molecule has 2 atom stereocenters. The summed E-state index contributed by atoms with van der Waals surface area (Å²) in [6, 6.07) is 16.8. The molecule has 2 heterocycles. The molecule has 0 bridgehead atoms. The Labute approximate surface area is 235 Å². The minimum Gasteiger partial charge on any atom is -0.507 e. The van der Waals surface area contributed by atoms with Gasteiger partial charge in [0.25, 0.3) is 5.91 Å². The van der Waals surface area contributed by atoms with E-state index in [2.05, 4.69) is 21.7 Å². The van der Waals surface area contributed by atoms with Gasteiger partial charge in [0, 0.05) is 28.9 Å². The number of nitrogens with two attached hydrogens (primary N) is 1. The summed E-state index contributed by atoms with van der Waals surface area (Å²) in [5, 5.41) is 26.0. The van der Waals surface area contributed by atoms with Crippen molar-refractivity contribution in [3.8, 4) is 34.2 Å². The lowest BCUT2D eigenvalue weighted by Crippen LogP contribution is -2.34. The predicted molar refractivity (Wildman–Crippen MR) is 149 cm³/mol. The molecule has 40 heavy (non-hydrogen) atoms. The van der Waals surface area contributed by atoms with E-state index in [1.807, 2.05) is 0 Å². The van der Waals surface area contributed by atoms with Crippen LogP contribution in [0, 0.1) is 23.1 Å². The molecule has 11 heteroatoms. The summed E-state index contributed by atoms with van der Waals surface area (Å²) in [4.78, 5) is 30.0. The fourth-order valence-corrected chi connectivity index (χ4v) is 4.73. The number of phenolic OH excluding ortho intramolecular Hbond substituents is 1. The van der Waals surface area contributed by atoms with Gasteiger partial charge in [-0.25, -0.2) is 9.37 Å². The number of pyridine rings is 1. The average Bonchev–Trinajstić information content (AvgIpc) is 3.61. The number of phenols is 1. The maximum atomic E-state index is 13.7. The lowest BCUT2D eigenvalue weighted by molar-refractivity contribution is -0.120. The smallest absolute Gasteiger partial charge is 0.292 e. The summed E-state index contributed by atoms with van der Waals surface area (Å²) in [5.41, 5.74) is 7.92. The standard InChI is InChI=1S/C29H24FN5O4.ClH/c30-17-9-10-20(25(36)13-17)24-14-21(22(15-31)27(34-24)35-29(38)26-8-3-11-39-26)16-4-1-5-18(12-16)33-28(37)19-6-2-7-23(19)32;/h1,3-5,8-14,19,23,36H,2,6-7,32H2,(H,33,37)(H,34,35,38);1H. The number of nitrogens with zero attached hydrogens (tertiary/aromatic N) is 2. The van der Waals surface area contributed by atoms with Gasteiger partial charge in [-0.1, -0.05) is 18.6 Å². The molecule has 1 fully saturated rings. The third kappa shape index (κ3) is 5.81. The van der Waals surface area contributed by atoms with Crippen LogP contribution in [-0.2, 0) is 4.79 Å². The van der Waals surface area contributed by atoms with Crippen LogP contribution < -0.4 is 16.4 Å². The van der Waals surface area contributed by atoms with Crippen LogP contribution in [0.2, 0.25) is 0 Å². The van der Waals surface area contributed by atoms with Gasteiger partial charge >= 0.3 is 0 Å². The van der Waals surface area contributed by atoms with E-state index in [1.165, 1.54) is 24.5 Å². The van der Waals surface area contributed by atoms with Crippen molar-refractivity contribution in [2.24, 2.45) is 11.7 Å². The van der Waals surface area contributed by atoms with Crippen LogP contribution in [0.5, 0.6) is 5.75 Å². The molecule has 204 valence electrons. The van der Waals surface area contributed by atoms with E-state index in [0.29, 0.717) is 16.8 Å². The summed E-state index contributed by atoms with van der Waals surface area (Å²) in [6.45, 7) is 0. The van der Waals surface area contributed by atoms with E-state index in [0.717, 1.165) is 25.3 Å². The monoisotopic (exact) mass is 561 g/mol. The zero-order valence-electron chi connectivity index (χ0n) is 21.1. The molecule has 1 saturated carbocycles. The van der Waals surface area contributed by atoms with E-state index in [1.54, 1.807) is 36.4 Å². The molecule has 5 rings (SSSR count). The van der Waals surface area contributed by atoms with Gasteiger partial charge in [0.2, 0.25) is 5.91 Å². The van der Waals surface area contributed by atoms with Crippen LogP contribution in [-0.4, -0.2) is 27.9 Å². The molecule has 9 nitrogen and oxygen atoms in total. The molecule has 5 N–H and O–H groups in total. The molecule has 0 aliphatic heterocycles. The lowest BCUT2D eigenvalue weighted by Gasteiger charge is -2.17. The Morgan fingerprint density at radius 3 is 2.58 bits per heavy atom. The molecule has 2 amide bonds. The van der Waals surface area contributed by atoms with Gasteiger partial charge in [-0.05, 0) is 60.9 Å². The van der Waals surface area contributed by atoms with Gasteiger partial charge in [0.1, 0.15) is 23.2 Å². The van der Waals surface area contributed by atoms with Crippen LogP contribution in [0.3, 0.4) is 0 Å². The number of nitriles is 1. The number of benzene rings is 2. The molecule has 1 aliphatic rings. The summed E-state index contributed by atoms with van der Waals surface area (Å²) >= 11 is 0. The topological polar surface area (TPSA) is 154 Å². The highest BCUT2D eigenvalue weighted by Gasteiger charge is 2.30. The summed E-state index contributed by atoms with van der Waals surface area (Å²) in [5.74, 6) is -2.16. The van der Waals surface area contributed by atoms with Crippen LogP contribution in [0.4, 0.5) is 15.9 Å². The van der Waals surface area contributed by atoms with Crippen molar-refractivity contribution < 1.29 is 23.5 Å². The van der Waals surface area contributed by atoms with Crippen molar-refractivity contribution >= 4 is 35.7 Å². The van der Waals surface area contributed by atoms with Crippen molar-refractivity contribution in [3.63, 3.8) is 0 Å². The maximum Gasteiger partial charge on any atom is 0.292 e. The van der Waals surface area contributed by atoms with Gasteiger partial charge in [0.15, 0.2) is 11.6 Å². The highest BCUT2D eigenvalue weighted by Crippen LogP contribution is 2.37. The van der Waals surface area contributed by atoms with Gasteiger partial charge in [0.05, 0.1) is 17.9 Å². The molecule has 1 aliphatic carbocycles. The van der Waals surface area contributed by atoms with Crippen LogP contribution >= 0.6 is 12.4 Å². The Kier molecular flexibility index (Phi) is 8.48. The van der Waals surface area contributed by atoms with E-state index >= 15 is 0 Å². The van der Waals surface area contributed by atoms with Crippen molar-refractivity contribution in [3.05, 3.63) is 84.1 Å². The Bertz CT molecular complexity index is 1600. The number of aromatic hydroxyl groups is 1. The fraction of sp³-hybridized carbons (Fsp3) is 0.172. The minimum atomic E-state index is -0.637. The van der Waals surface area contributed by atoms with Gasteiger partial charge < -0.3 is 25.9 Å². The molecule has 2 aromatic heterocycles. The molecule has 2 aromatic carbocycles. The molecule has 0 spiro atoms. The molecular formula is C29H25ClFN5O4. The molecule has 2 unspecified atom stereocenters. The Morgan fingerprint density at radius 2 is 1.90 bits per heavy atom. The number of carbonyl (C=O) groups excluding carboxylic acids is 2. The third-order valence-electron chi connectivity index (χ3n) is 6.69. The number of rotatable bonds is 6. The molecule has 4 aromatic rings. The van der Waals surface area contributed by atoms with Gasteiger partial charge in [-0.15, -0.1) is 12.4 Å². The molecular weight excluding hydrogens is 537 g/mol. The Balaban J connectivity index is 0.00000370. The second kappa shape index (κ2) is 12.0. The number of hydrogen-bond acceptors (Lipinski definition) is 7. The van der Waals surface area contributed by atoms with E-state index in [9.17, 15) is 24.3 Å². The number of aromatic nitrogens is 1. The summed E-state index contributed by atoms with van der Waals surface area (Å²) in [7, 11) is 0. The van der Waals surface area contributed by atoms with Crippen LogP contribution in [0.1, 0.15) is 35.4 Å². The quantitative estimate of drug-likeness (QED) is 0.243. The highest BCUT2D eigenvalue weighted by molar-refractivity contribution is 6.03. The summed E-state index contributed by atoms with van der Waals surface area (Å²) in [6.07, 6.45) is 3.75. The molecule has 0 saturated heterocycles. The number of amides is 2. The SMILES string of the molecule is Cl.N#Cc1c(-c2cccc(NC(=O)C3CCCC3N)c2)cc(-c2ccc(F)cc2O)nc1NC(=O)c1ccco1. The van der Waals surface area contributed by atoms with Gasteiger partial charge in [-0.3, -0.25) is 9.59 Å². The van der Waals surface area contributed by atoms with Gasteiger partial charge in [-0.2, -0.15) is 5.26 Å². The van der Waals surface area contributed by atoms with E-state index < -0.39 is 11.7 Å². The average molecular weight is 562 g/mol. The van der Waals surface area contributed by atoms with E-state index in [4.69, 9.17) is 10.2 Å². The largest absolute Gasteiger partial charge is 0.507 e. The first-order chi connectivity index (χ1) is 18.8. The number of furan rings is 1. The van der Waals surface area contributed by atoms with Crippen molar-refractivity contribution in [1.29, 1.82) is 5.26 Å². The van der Waals surface area contributed by atoms with Crippen LogP contribution in [0.15, 0.2) is 71.3 Å². The zero-order chi connectivity index (χ0) is 27.5. The Morgan fingerprint density at radius 1 is 1.07 bits per heavy atom. The predicted octanol–water partition coefficient (Wildman–Crippen LogP) is 5.46. The normalized spacial score (nSPS) is 16.0. The first-order valence-electron chi connectivity index (χ1n) is 12.3. The van der Waals surface area contributed by atoms with Crippen LogP contribution in [0.25, 0.3) is 22.4 Å². The second-order valence-electron chi connectivity index (χ2n) is 9.25. The van der Waals surface area contributed by atoms with Crippen molar-refractivity contribution in [2.75, 3.05) is 10.6 Å². The third-order valence-corrected chi connectivity index (χ3v) is 6.69.